The average molecular weight is 202 g/mol. The maximum atomic E-state index is 11.1. The molecular formula is C8H14N2O2S. The van der Waals surface area contributed by atoms with Crippen molar-refractivity contribution < 1.29 is 9.59 Å². The van der Waals surface area contributed by atoms with Gasteiger partial charge in [0.25, 0.3) is 0 Å². The van der Waals surface area contributed by atoms with Gasteiger partial charge in [0.05, 0.1) is 6.54 Å². The summed E-state index contributed by atoms with van der Waals surface area (Å²) in [4.78, 5) is 21.7. The van der Waals surface area contributed by atoms with E-state index in [1.54, 1.807) is 0 Å². The Labute approximate surface area is 81.8 Å². The van der Waals surface area contributed by atoms with E-state index in [9.17, 15) is 9.59 Å². The molecule has 0 radical (unpaired) electrons. The largest absolute Gasteiger partial charge is 0.335 e. The van der Waals surface area contributed by atoms with Gasteiger partial charge in [-0.3, -0.25) is 4.79 Å². The highest BCUT2D eigenvalue weighted by Crippen LogP contribution is 2.16. The van der Waals surface area contributed by atoms with Gasteiger partial charge in [0.15, 0.2) is 0 Å². The Bertz CT molecular complexity index is 202. The van der Waals surface area contributed by atoms with Gasteiger partial charge in [-0.05, 0) is 19.1 Å². The molecule has 0 spiro atoms. The molecule has 0 aromatic carbocycles. The van der Waals surface area contributed by atoms with Crippen LogP contribution in [0.1, 0.15) is 13.3 Å². The van der Waals surface area contributed by atoms with Crippen molar-refractivity contribution in [2.24, 2.45) is 0 Å². The van der Waals surface area contributed by atoms with Crippen LogP contribution in [0, 0.1) is 0 Å². The molecule has 2 N–H and O–H groups in total. The average Bonchev–Trinajstić information content (AvgIpc) is 2.53. The number of thioether (sulfide) groups is 1. The SMILES string of the molecule is CC(=O)CNC(=O)NC1CCSC1. The summed E-state index contributed by atoms with van der Waals surface area (Å²) in [6, 6.07) is 0.0414. The molecule has 13 heavy (non-hydrogen) atoms. The van der Waals surface area contributed by atoms with Gasteiger partial charge in [-0.2, -0.15) is 11.8 Å². The number of hydrogen-bond donors (Lipinski definition) is 2. The molecule has 1 atom stereocenters. The van der Waals surface area contributed by atoms with Crippen LogP contribution in [0.5, 0.6) is 0 Å². The van der Waals surface area contributed by atoms with Gasteiger partial charge in [-0.1, -0.05) is 0 Å². The van der Waals surface area contributed by atoms with Gasteiger partial charge >= 0.3 is 6.03 Å². The standard InChI is InChI=1S/C8H14N2O2S/c1-6(11)4-9-8(12)10-7-2-3-13-5-7/h7H,2-5H2,1H3,(H2,9,10,12). The van der Waals surface area contributed by atoms with E-state index >= 15 is 0 Å². The summed E-state index contributed by atoms with van der Waals surface area (Å²) in [5, 5.41) is 5.31. The molecule has 0 saturated carbocycles. The minimum atomic E-state index is -0.234. The van der Waals surface area contributed by atoms with E-state index in [-0.39, 0.29) is 24.4 Å². The predicted octanol–water partition coefficient (Wildman–Crippen LogP) is 0.380. The number of urea groups is 1. The molecule has 0 aromatic heterocycles. The number of rotatable bonds is 3. The van der Waals surface area contributed by atoms with E-state index in [0.29, 0.717) is 0 Å². The number of carbonyl (C=O) groups excluding carboxylic acids is 2. The highest BCUT2D eigenvalue weighted by atomic mass is 32.2. The first kappa shape index (κ1) is 10.4. The van der Waals surface area contributed by atoms with Crippen molar-refractivity contribution in [1.82, 2.24) is 10.6 Å². The molecule has 0 aliphatic carbocycles. The molecule has 1 fully saturated rings. The van der Waals surface area contributed by atoms with E-state index in [2.05, 4.69) is 10.6 Å². The molecule has 5 heteroatoms. The van der Waals surface area contributed by atoms with Crippen LogP contribution in [0.25, 0.3) is 0 Å². The van der Waals surface area contributed by atoms with Crippen LogP contribution in [0.15, 0.2) is 0 Å². The van der Waals surface area contributed by atoms with Crippen LogP contribution in [-0.4, -0.2) is 35.9 Å². The van der Waals surface area contributed by atoms with Gasteiger partial charge in [-0.25, -0.2) is 4.79 Å². The second kappa shape index (κ2) is 5.11. The summed E-state index contributed by atoms with van der Waals surface area (Å²) >= 11 is 1.84. The van der Waals surface area contributed by atoms with Crippen molar-refractivity contribution >= 4 is 23.6 Å². The molecule has 1 rings (SSSR count). The second-order valence-corrected chi connectivity index (χ2v) is 4.24. The minimum absolute atomic E-state index is 0.0315. The zero-order valence-electron chi connectivity index (χ0n) is 7.63. The molecule has 0 aromatic rings. The number of carbonyl (C=O) groups is 2. The van der Waals surface area contributed by atoms with Crippen LogP contribution < -0.4 is 10.6 Å². The Kier molecular flexibility index (Phi) is 4.08. The van der Waals surface area contributed by atoms with Crippen molar-refractivity contribution in [3.8, 4) is 0 Å². The molecule has 1 aliphatic rings. The zero-order valence-corrected chi connectivity index (χ0v) is 8.45. The van der Waals surface area contributed by atoms with Crippen molar-refractivity contribution in [1.29, 1.82) is 0 Å². The summed E-state index contributed by atoms with van der Waals surface area (Å²) in [5.74, 6) is 2.06. The van der Waals surface area contributed by atoms with Crippen LogP contribution in [0.2, 0.25) is 0 Å². The first-order chi connectivity index (χ1) is 6.18. The van der Waals surface area contributed by atoms with Gasteiger partial charge in [0.2, 0.25) is 0 Å². The molecule has 0 bridgehead atoms. The molecule has 1 unspecified atom stereocenters. The summed E-state index contributed by atoms with van der Waals surface area (Å²) in [5.41, 5.74) is 0. The first-order valence-corrected chi connectivity index (χ1v) is 5.45. The number of ketones is 1. The molecule has 1 saturated heterocycles. The molecular weight excluding hydrogens is 188 g/mol. The van der Waals surface area contributed by atoms with E-state index in [1.165, 1.54) is 6.92 Å². The zero-order chi connectivity index (χ0) is 9.68. The topological polar surface area (TPSA) is 58.2 Å². The van der Waals surface area contributed by atoms with E-state index < -0.39 is 0 Å². The van der Waals surface area contributed by atoms with Gasteiger partial charge in [-0.15, -0.1) is 0 Å². The lowest BCUT2D eigenvalue weighted by Crippen LogP contribution is -2.43. The quantitative estimate of drug-likeness (QED) is 0.695. The maximum Gasteiger partial charge on any atom is 0.315 e. The smallest absolute Gasteiger partial charge is 0.315 e. The summed E-state index contributed by atoms with van der Waals surface area (Å²) in [6.45, 7) is 1.57. The maximum absolute atomic E-state index is 11.1. The Morgan fingerprint density at radius 3 is 2.85 bits per heavy atom. The van der Waals surface area contributed by atoms with Crippen molar-refractivity contribution in [2.75, 3.05) is 18.1 Å². The Balaban J connectivity index is 2.13. The summed E-state index contributed by atoms with van der Waals surface area (Å²) in [6.07, 6.45) is 1.03. The Morgan fingerprint density at radius 1 is 1.54 bits per heavy atom. The monoisotopic (exact) mass is 202 g/mol. The van der Waals surface area contributed by atoms with E-state index in [0.717, 1.165) is 17.9 Å². The number of hydrogen-bond acceptors (Lipinski definition) is 3. The lowest BCUT2D eigenvalue weighted by molar-refractivity contribution is -0.116. The molecule has 1 aliphatic heterocycles. The highest BCUT2D eigenvalue weighted by Gasteiger charge is 2.17. The third-order valence-corrected chi connectivity index (χ3v) is 2.93. The minimum Gasteiger partial charge on any atom is -0.335 e. The van der Waals surface area contributed by atoms with Crippen LogP contribution in [0.4, 0.5) is 4.79 Å². The predicted molar refractivity (Wildman–Crippen MR) is 52.9 cm³/mol. The normalized spacial score (nSPS) is 21.2. The number of amides is 2. The fourth-order valence-corrected chi connectivity index (χ4v) is 2.24. The Morgan fingerprint density at radius 2 is 2.31 bits per heavy atom. The number of nitrogens with one attached hydrogen (secondary N) is 2. The fraction of sp³-hybridized carbons (Fsp3) is 0.750. The first-order valence-electron chi connectivity index (χ1n) is 4.30. The summed E-state index contributed by atoms with van der Waals surface area (Å²) < 4.78 is 0. The molecule has 74 valence electrons. The lowest BCUT2D eigenvalue weighted by Gasteiger charge is -2.11. The lowest BCUT2D eigenvalue weighted by atomic mass is 10.3. The fourth-order valence-electron chi connectivity index (χ4n) is 1.09. The third kappa shape index (κ3) is 4.17. The number of Topliss-reactive ketones (excluding diaryl/α,β-unsaturated/α-hetero) is 1. The molecule has 4 nitrogen and oxygen atoms in total. The molecule has 1 heterocycles. The van der Waals surface area contributed by atoms with E-state index in [1.807, 2.05) is 11.8 Å². The van der Waals surface area contributed by atoms with Crippen LogP contribution in [-0.2, 0) is 4.79 Å². The second-order valence-electron chi connectivity index (χ2n) is 3.09. The summed E-state index contributed by atoms with van der Waals surface area (Å²) in [7, 11) is 0. The van der Waals surface area contributed by atoms with Crippen molar-refractivity contribution in [3.63, 3.8) is 0 Å². The van der Waals surface area contributed by atoms with Gasteiger partial charge in [0, 0.05) is 11.8 Å². The van der Waals surface area contributed by atoms with Crippen LogP contribution >= 0.6 is 11.8 Å². The van der Waals surface area contributed by atoms with Crippen molar-refractivity contribution in [3.05, 3.63) is 0 Å². The highest BCUT2D eigenvalue weighted by molar-refractivity contribution is 7.99. The van der Waals surface area contributed by atoms with Crippen molar-refractivity contribution in [2.45, 2.75) is 19.4 Å². The Hall–Kier alpha value is -0.710. The third-order valence-electron chi connectivity index (χ3n) is 1.76. The van der Waals surface area contributed by atoms with Gasteiger partial charge < -0.3 is 10.6 Å². The molecule has 2 amide bonds. The van der Waals surface area contributed by atoms with E-state index in [4.69, 9.17) is 0 Å². The van der Waals surface area contributed by atoms with Gasteiger partial charge in [0.1, 0.15) is 5.78 Å². The van der Waals surface area contributed by atoms with Crippen LogP contribution in [0.3, 0.4) is 0 Å².